The quantitative estimate of drug-likeness (QED) is 0.617. The molecule has 0 aliphatic heterocycles. The monoisotopic (exact) mass is 305 g/mol. The summed E-state index contributed by atoms with van der Waals surface area (Å²) in [7, 11) is 3.59. The van der Waals surface area contributed by atoms with E-state index in [-0.39, 0.29) is 42.8 Å². The van der Waals surface area contributed by atoms with Crippen LogP contribution in [0.4, 0.5) is 0 Å². The number of carbonyl (C=O) groups is 1. The first-order valence-corrected chi connectivity index (χ1v) is 7.00. The van der Waals surface area contributed by atoms with Crippen molar-refractivity contribution in [3.8, 4) is 0 Å². The number of allylic oxidation sites excluding steroid dienone is 1. The summed E-state index contributed by atoms with van der Waals surface area (Å²) in [5.41, 5.74) is 2.06. The fourth-order valence-corrected chi connectivity index (χ4v) is 2.03. The van der Waals surface area contributed by atoms with Crippen LogP contribution in [0.5, 0.6) is 0 Å². The van der Waals surface area contributed by atoms with E-state index >= 15 is 0 Å². The van der Waals surface area contributed by atoms with Crippen molar-refractivity contribution in [2.45, 2.75) is 12.8 Å². The zero-order valence-corrected chi connectivity index (χ0v) is 16.0. The van der Waals surface area contributed by atoms with Crippen LogP contribution in [0.3, 0.4) is 0 Å². The van der Waals surface area contributed by atoms with Crippen LogP contribution >= 0.6 is 0 Å². The first-order chi connectivity index (χ1) is 10.1. The Morgan fingerprint density at radius 2 is 1.32 bits per heavy atom. The Morgan fingerprint density at radius 3 is 1.59 bits per heavy atom. The zero-order chi connectivity index (χ0) is 15.7. The summed E-state index contributed by atoms with van der Waals surface area (Å²) in [5, 5.41) is 0. The maximum atomic E-state index is 12.4. The minimum Gasteiger partial charge on any atom is -1.00 e. The molecule has 0 heterocycles. The molecule has 0 fully saturated rings. The van der Waals surface area contributed by atoms with Crippen LogP contribution in [0.25, 0.3) is 0 Å². The summed E-state index contributed by atoms with van der Waals surface area (Å²) < 4.78 is 0. The Bertz CT molecular complexity index is 519. The van der Waals surface area contributed by atoms with Crippen molar-refractivity contribution in [1.29, 1.82) is 0 Å². The third-order valence-electron chi connectivity index (χ3n) is 2.95. The van der Waals surface area contributed by atoms with Gasteiger partial charge in [0.2, 0.25) is 5.91 Å². The molecule has 3 heteroatoms. The SMILES string of the molecule is C=CC.CN(C)C(=O)C(c1ccccc1)c1ccccc1.[H-].[Na+]. The van der Waals surface area contributed by atoms with E-state index in [9.17, 15) is 4.79 Å². The van der Waals surface area contributed by atoms with E-state index in [1.54, 1.807) is 25.1 Å². The Labute approximate surface area is 157 Å². The molecule has 2 rings (SSSR count). The van der Waals surface area contributed by atoms with Gasteiger partial charge in [-0.3, -0.25) is 4.79 Å². The second-order valence-electron chi connectivity index (χ2n) is 4.90. The van der Waals surface area contributed by atoms with Crippen LogP contribution in [0, 0.1) is 0 Å². The molecule has 22 heavy (non-hydrogen) atoms. The number of nitrogens with zero attached hydrogens (tertiary/aromatic N) is 1. The molecule has 112 valence electrons. The third-order valence-corrected chi connectivity index (χ3v) is 2.95. The van der Waals surface area contributed by atoms with Crippen LogP contribution in [0.1, 0.15) is 25.4 Å². The fourth-order valence-electron chi connectivity index (χ4n) is 2.03. The summed E-state index contributed by atoms with van der Waals surface area (Å²) >= 11 is 0. The standard InChI is InChI=1S/C16H17NO.C3H6.Na.H/c1-17(2)16(18)15(13-9-5-3-6-10-13)14-11-7-4-8-12-14;1-3-2;;/h3-12,15H,1-2H3;3H,1H2,2H3;;/q;;+1;-1. The number of rotatable bonds is 3. The van der Waals surface area contributed by atoms with Crippen molar-refractivity contribution in [1.82, 2.24) is 4.90 Å². The van der Waals surface area contributed by atoms with Crippen LogP contribution < -0.4 is 29.6 Å². The Hall–Kier alpha value is -1.35. The molecule has 2 nitrogen and oxygen atoms in total. The average Bonchev–Trinajstić information content (AvgIpc) is 2.50. The Kier molecular flexibility index (Phi) is 10.6. The molecule has 0 atom stereocenters. The first kappa shape index (κ1) is 20.7. The number of hydrogen-bond donors (Lipinski definition) is 0. The van der Waals surface area contributed by atoms with Gasteiger partial charge in [0, 0.05) is 14.1 Å². The number of benzene rings is 2. The topological polar surface area (TPSA) is 20.3 Å². The third kappa shape index (κ3) is 6.18. The molecule has 0 unspecified atom stereocenters. The van der Waals surface area contributed by atoms with Crippen molar-refractivity contribution in [2.75, 3.05) is 14.1 Å². The molecular formula is C19H24NNaO. The minimum absolute atomic E-state index is 0. The molecule has 2 aromatic rings. The number of likely N-dealkylation sites (N-methyl/N-ethyl adjacent to an activating group) is 1. The predicted molar refractivity (Wildman–Crippen MR) is 90.4 cm³/mol. The number of hydrogen-bond acceptors (Lipinski definition) is 1. The smallest absolute Gasteiger partial charge is 1.00 e. The van der Waals surface area contributed by atoms with Gasteiger partial charge in [0.15, 0.2) is 0 Å². The first-order valence-electron chi connectivity index (χ1n) is 7.00. The molecule has 2 aromatic carbocycles. The molecule has 0 N–H and O–H groups in total. The van der Waals surface area contributed by atoms with E-state index in [1.807, 2.05) is 67.6 Å². The molecule has 0 saturated carbocycles. The van der Waals surface area contributed by atoms with E-state index in [2.05, 4.69) is 6.58 Å². The van der Waals surface area contributed by atoms with Gasteiger partial charge in [-0.2, -0.15) is 0 Å². The second kappa shape index (κ2) is 11.2. The largest absolute Gasteiger partial charge is 1.00 e. The molecule has 0 saturated heterocycles. The summed E-state index contributed by atoms with van der Waals surface area (Å²) in [6.45, 7) is 5.25. The van der Waals surface area contributed by atoms with Gasteiger partial charge in [0.25, 0.3) is 0 Å². The van der Waals surface area contributed by atoms with Crippen LogP contribution in [-0.4, -0.2) is 24.9 Å². The molecule has 1 amide bonds. The van der Waals surface area contributed by atoms with Crippen molar-refractivity contribution >= 4 is 5.91 Å². The van der Waals surface area contributed by atoms with E-state index in [4.69, 9.17) is 0 Å². The number of carbonyl (C=O) groups excluding carboxylic acids is 1. The maximum Gasteiger partial charge on any atom is 1.00 e. The van der Waals surface area contributed by atoms with Gasteiger partial charge >= 0.3 is 29.6 Å². The van der Waals surface area contributed by atoms with Crippen LogP contribution in [-0.2, 0) is 4.79 Å². The summed E-state index contributed by atoms with van der Waals surface area (Å²) in [6, 6.07) is 19.8. The summed E-state index contributed by atoms with van der Waals surface area (Å²) in [4.78, 5) is 14.0. The normalized spacial score (nSPS) is 9.09. The van der Waals surface area contributed by atoms with Gasteiger partial charge in [-0.05, 0) is 18.1 Å². The predicted octanol–water partition coefficient (Wildman–Crippen LogP) is 1.22. The van der Waals surface area contributed by atoms with Crippen LogP contribution in [0.2, 0.25) is 0 Å². The Morgan fingerprint density at radius 1 is 1.00 bits per heavy atom. The van der Waals surface area contributed by atoms with E-state index in [0.717, 1.165) is 11.1 Å². The summed E-state index contributed by atoms with van der Waals surface area (Å²) in [5.74, 6) is -0.116. The number of amides is 1. The van der Waals surface area contributed by atoms with Crippen LogP contribution in [0.15, 0.2) is 73.3 Å². The van der Waals surface area contributed by atoms with Crippen molar-refractivity contribution in [3.63, 3.8) is 0 Å². The molecule has 0 spiro atoms. The van der Waals surface area contributed by atoms with Crippen molar-refractivity contribution in [3.05, 3.63) is 84.4 Å². The summed E-state index contributed by atoms with van der Waals surface area (Å²) in [6.07, 6.45) is 1.75. The second-order valence-corrected chi connectivity index (χ2v) is 4.90. The molecule has 0 aliphatic rings. The van der Waals surface area contributed by atoms with Crippen molar-refractivity contribution in [2.24, 2.45) is 0 Å². The molecule has 0 aromatic heterocycles. The average molecular weight is 305 g/mol. The van der Waals surface area contributed by atoms with Gasteiger partial charge in [-0.15, -0.1) is 6.58 Å². The fraction of sp³-hybridized carbons (Fsp3) is 0.211. The molecule has 0 aliphatic carbocycles. The minimum atomic E-state index is -0.220. The van der Waals surface area contributed by atoms with Gasteiger partial charge < -0.3 is 6.33 Å². The zero-order valence-electron chi connectivity index (χ0n) is 15.0. The van der Waals surface area contributed by atoms with Gasteiger partial charge in [0.1, 0.15) is 0 Å². The van der Waals surface area contributed by atoms with Crippen molar-refractivity contribution < 1.29 is 35.8 Å². The van der Waals surface area contributed by atoms with E-state index in [1.165, 1.54) is 0 Å². The molecule has 0 bridgehead atoms. The van der Waals surface area contributed by atoms with Gasteiger partial charge in [-0.1, -0.05) is 66.7 Å². The Balaban J connectivity index is 0. The van der Waals surface area contributed by atoms with Gasteiger partial charge in [-0.25, -0.2) is 0 Å². The van der Waals surface area contributed by atoms with E-state index < -0.39 is 0 Å². The molecule has 0 radical (unpaired) electrons. The maximum absolute atomic E-state index is 12.4. The van der Waals surface area contributed by atoms with Gasteiger partial charge in [0.05, 0.1) is 5.92 Å². The van der Waals surface area contributed by atoms with E-state index in [0.29, 0.717) is 0 Å². The molecular weight excluding hydrogens is 281 g/mol.